The van der Waals surface area contributed by atoms with Crippen molar-refractivity contribution in [2.24, 2.45) is 0 Å². The number of anilines is 1. The Kier molecular flexibility index (Phi) is 16.8. The molecule has 1 aliphatic heterocycles. The molecule has 0 saturated carbocycles. The maximum Gasteiger partial charge on any atom is 0.260 e. The quantitative estimate of drug-likeness (QED) is 0.216. The van der Waals surface area contributed by atoms with E-state index in [2.05, 4.69) is 63.4 Å². The van der Waals surface area contributed by atoms with Gasteiger partial charge in [0.2, 0.25) is 5.95 Å². The fraction of sp³-hybridized carbons (Fsp3) is 0.440. The Morgan fingerprint density at radius 3 is 2.61 bits per heavy atom. The monoisotopic (exact) mass is 715 g/mol. The molecule has 0 spiro atoms. The van der Waals surface area contributed by atoms with E-state index in [9.17, 15) is 4.79 Å². The minimum atomic E-state index is -0.131. The molecule has 3 aromatic rings. The molecule has 0 radical (unpaired) electrons. The van der Waals surface area contributed by atoms with Crippen LogP contribution in [0.2, 0.25) is 0 Å². The minimum absolute atomic E-state index is 0. The smallest absolute Gasteiger partial charge is 0.260 e. The number of nitrogens with zero attached hydrogens (tertiary/aromatic N) is 2. The van der Waals surface area contributed by atoms with Gasteiger partial charge in [-0.2, -0.15) is 0 Å². The van der Waals surface area contributed by atoms with Gasteiger partial charge in [-0.25, -0.2) is 4.98 Å². The predicted octanol–water partition coefficient (Wildman–Crippen LogP) is 5.41. The first-order chi connectivity index (χ1) is 17.1. The van der Waals surface area contributed by atoms with Crippen molar-refractivity contribution in [3.8, 4) is 5.75 Å². The van der Waals surface area contributed by atoms with Crippen molar-refractivity contribution in [3.05, 3.63) is 61.3 Å². The normalized spacial score (nSPS) is 13.2. The Labute approximate surface area is 258 Å². The molecule has 212 valence electrons. The third-order valence-corrected chi connectivity index (χ3v) is 6.85. The van der Waals surface area contributed by atoms with Gasteiger partial charge in [0.05, 0.1) is 35.2 Å². The Hall–Kier alpha value is -1.11. The second-order valence-electron chi connectivity index (χ2n) is 8.42. The zero-order valence-corrected chi connectivity index (χ0v) is 26.5. The van der Waals surface area contributed by atoms with E-state index in [-0.39, 0.29) is 42.8 Å². The molecule has 8 nitrogen and oxygen atoms in total. The van der Waals surface area contributed by atoms with Crippen molar-refractivity contribution in [1.29, 1.82) is 0 Å². The van der Waals surface area contributed by atoms with E-state index < -0.39 is 0 Å². The van der Waals surface area contributed by atoms with Crippen LogP contribution in [0.4, 0.5) is 5.95 Å². The molecule has 2 aromatic carbocycles. The number of benzene rings is 2. The van der Waals surface area contributed by atoms with Crippen molar-refractivity contribution >= 4 is 85.9 Å². The summed E-state index contributed by atoms with van der Waals surface area (Å²) in [6, 6.07) is 11.4. The van der Waals surface area contributed by atoms with Crippen LogP contribution in [0.3, 0.4) is 0 Å². The molecule has 0 bridgehead atoms. The molecule has 4 rings (SSSR count). The second-order valence-corrected chi connectivity index (χ2v) is 10.2. The van der Waals surface area contributed by atoms with Crippen LogP contribution < -0.4 is 20.9 Å². The lowest BCUT2D eigenvalue weighted by Gasteiger charge is -2.26. The Balaban J connectivity index is 0.00000241. The van der Waals surface area contributed by atoms with Crippen molar-refractivity contribution in [1.82, 2.24) is 20.2 Å². The molecule has 0 amide bonds. The van der Waals surface area contributed by atoms with Crippen molar-refractivity contribution in [2.45, 2.75) is 19.4 Å². The van der Waals surface area contributed by atoms with Gasteiger partial charge in [-0.15, -0.1) is 37.2 Å². The van der Waals surface area contributed by atoms with Gasteiger partial charge in [-0.05, 0) is 59.6 Å². The SMILES string of the molecule is Cl.Cl.Cl.O=c1[nH]c(NCCCNCc2cc(Br)cc(Br)c2OCCCN2CCOCC2)nc2ccccc12. The number of aromatic amines is 1. The summed E-state index contributed by atoms with van der Waals surface area (Å²) in [5.74, 6) is 1.39. The van der Waals surface area contributed by atoms with Crippen molar-refractivity contribution in [3.63, 3.8) is 0 Å². The number of rotatable bonds is 12. The number of para-hydroxylation sites is 1. The van der Waals surface area contributed by atoms with Crippen LogP contribution in [0.1, 0.15) is 18.4 Å². The number of hydrogen-bond donors (Lipinski definition) is 3. The summed E-state index contributed by atoms with van der Waals surface area (Å²) in [4.78, 5) is 21.9. The van der Waals surface area contributed by atoms with E-state index in [0.29, 0.717) is 36.5 Å². The van der Waals surface area contributed by atoms with Gasteiger partial charge in [0.1, 0.15) is 5.75 Å². The maximum absolute atomic E-state index is 12.2. The van der Waals surface area contributed by atoms with Gasteiger partial charge < -0.3 is 20.1 Å². The van der Waals surface area contributed by atoms with Crippen LogP contribution in [0, 0.1) is 0 Å². The summed E-state index contributed by atoms with van der Waals surface area (Å²) in [6.45, 7) is 7.54. The van der Waals surface area contributed by atoms with E-state index in [1.54, 1.807) is 6.07 Å². The van der Waals surface area contributed by atoms with Gasteiger partial charge in [0, 0.05) is 42.8 Å². The molecule has 0 atom stereocenters. The zero-order chi connectivity index (χ0) is 24.5. The molecule has 1 aliphatic rings. The first-order valence-electron chi connectivity index (χ1n) is 11.9. The second kappa shape index (κ2) is 18.3. The standard InChI is InChI=1S/C25H31Br2N5O3.3ClH/c26-19-15-18(23(21(27)16-19)35-12-4-9-32-10-13-34-14-11-32)17-28-7-3-8-29-25-30-22-6-2-1-5-20(22)24(33)31-25;;;/h1-2,5-6,15-16,28H,3-4,7-14,17H2,(H2,29,30,31,33);3*1H. The molecule has 2 heterocycles. The first kappa shape index (κ1) is 34.9. The van der Waals surface area contributed by atoms with Crippen LogP contribution in [0.25, 0.3) is 10.9 Å². The number of morpholine rings is 1. The number of nitrogens with one attached hydrogen (secondary N) is 3. The van der Waals surface area contributed by atoms with E-state index in [1.165, 1.54) is 0 Å². The van der Waals surface area contributed by atoms with E-state index >= 15 is 0 Å². The molecule has 38 heavy (non-hydrogen) atoms. The fourth-order valence-electron chi connectivity index (χ4n) is 4.01. The topological polar surface area (TPSA) is 91.5 Å². The molecule has 3 N–H and O–H groups in total. The average molecular weight is 719 g/mol. The Bertz CT molecular complexity index is 1180. The Morgan fingerprint density at radius 1 is 1.05 bits per heavy atom. The van der Waals surface area contributed by atoms with Gasteiger partial charge in [0.25, 0.3) is 5.56 Å². The molecule has 1 fully saturated rings. The molecule has 0 unspecified atom stereocenters. The van der Waals surface area contributed by atoms with E-state index in [1.807, 2.05) is 24.3 Å². The molecule has 1 aromatic heterocycles. The summed E-state index contributed by atoms with van der Waals surface area (Å²) in [5, 5.41) is 7.30. The van der Waals surface area contributed by atoms with E-state index in [4.69, 9.17) is 9.47 Å². The first-order valence-corrected chi connectivity index (χ1v) is 13.5. The van der Waals surface area contributed by atoms with Gasteiger partial charge in [0.15, 0.2) is 0 Å². The van der Waals surface area contributed by atoms with Crippen molar-refractivity contribution in [2.75, 3.05) is 57.9 Å². The average Bonchev–Trinajstić information content (AvgIpc) is 2.85. The van der Waals surface area contributed by atoms with Crippen molar-refractivity contribution < 1.29 is 9.47 Å². The highest BCUT2D eigenvalue weighted by atomic mass is 79.9. The zero-order valence-electron chi connectivity index (χ0n) is 20.8. The van der Waals surface area contributed by atoms with Crippen LogP contribution in [0.15, 0.2) is 50.1 Å². The minimum Gasteiger partial charge on any atom is -0.492 e. The molecular formula is C25H34Br2Cl3N5O3. The van der Waals surface area contributed by atoms with Crippen LogP contribution >= 0.6 is 69.1 Å². The lowest BCUT2D eigenvalue weighted by Crippen LogP contribution is -2.37. The number of aromatic nitrogens is 2. The number of fused-ring (bicyclic) bond motifs is 1. The fourth-order valence-corrected chi connectivity index (χ4v) is 5.44. The van der Waals surface area contributed by atoms with Gasteiger partial charge in [-0.3, -0.25) is 14.7 Å². The van der Waals surface area contributed by atoms with Gasteiger partial charge in [-0.1, -0.05) is 28.1 Å². The van der Waals surface area contributed by atoms with Crippen LogP contribution in [-0.2, 0) is 11.3 Å². The molecule has 1 saturated heterocycles. The lowest BCUT2D eigenvalue weighted by molar-refractivity contribution is 0.0357. The third kappa shape index (κ3) is 10.5. The molecule has 13 heteroatoms. The Morgan fingerprint density at radius 2 is 1.82 bits per heavy atom. The number of halogens is 5. The summed E-state index contributed by atoms with van der Waals surface area (Å²) in [7, 11) is 0. The predicted molar refractivity (Wildman–Crippen MR) is 168 cm³/mol. The number of hydrogen-bond acceptors (Lipinski definition) is 7. The summed E-state index contributed by atoms with van der Waals surface area (Å²) < 4.78 is 13.5. The highest BCUT2D eigenvalue weighted by Crippen LogP contribution is 2.33. The lowest BCUT2D eigenvalue weighted by atomic mass is 10.2. The summed E-state index contributed by atoms with van der Waals surface area (Å²) in [5.41, 5.74) is 1.66. The highest BCUT2D eigenvalue weighted by Gasteiger charge is 2.12. The van der Waals surface area contributed by atoms with Crippen LogP contribution in [-0.4, -0.2) is 67.4 Å². The van der Waals surface area contributed by atoms with E-state index in [0.717, 1.165) is 72.5 Å². The highest BCUT2D eigenvalue weighted by molar-refractivity contribution is 9.11. The maximum atomic E-state index is 12.2. The third-order valence-electron chi connectivity index (χ3n) is 5.81. The molecule has 0 aliphatic carbocycles. The van der Waals surface area contributed by atoms with Gasteiger partial charge >= 0.3 is 0 Å². The largest absolute Gasteiger partial charge is 0.492 e. The summed E-state index contributed by atoms with van der Waals surface area (Å²) in [6.07, 6.45) is 1.85. The molecular weight excluding hydrogens is 684 g/mol. The number of H-pyrrole nitrogens is 1. The number of ether oxygens (including phenoxy) is 2. The van der Waals surface area contributed by atoms with Crippen LogP contribution in [0.5, 0.6) is 5.75 Å². The summed E-state index contributed by atoms with van der Waals surface area (Å²) >= 11 is 7.24.